The maximum absolute atomic E-state index is 5.65. The van der Waals surface area contributed by atoms with Gasteiger partial charge < -0.3 is 4.74 Å². The summed E-state index contributed by atoms with van der Waals surface area (Å²) < 4.78 is 5.65. The van der Waals surface area contributed by atoms with Crippen molar-refractivity contribution in [2.45, 2.75) is 26.9 Å². The molecule has 0 saturated heterocycles. The van der Waals surface area contributed by atoms with Crippen LogP contribution in [0, 0.1) is 6.92 Å². The average molecular weight is 233 g/mol. The van der Waals surface area contributed by atoms with Gasteiger partial charge in [0.05, 0.1) is 0 Å². The number of ether oxygens (including phenoxy) is 1. The SMILES string of the molecule is CCc1ccc(OCc2nc(C)cs2)cc1. The molecule has 0 atom stereocenters. The van der Waals surface area contributed by atoms with Gasteiger partial charge in [-0.2, -0.15) is 0 Å². The molecule has 0 spiro atoms. The molecule has 1 heterocycles. The normalized spacial score (nSPS) is 10.4. The number of aryl methyl sites for hydroxylation is 2. The fourth-order valence-corrected chi connectivity index (χ4v) is 2.12. The zero-order chi connectivity index (χ0) is 11.4. The van der Waals surface area contributed by atoms with E-state index in [4.69, 9.17) is 4.74 Å². The molecule has 1 aromatic carbocycles. The first-order chi connectivity index (χ1) is 7.78. The van der Waals surface area contributed by atoms with Crippen molar-refractivity contribution in [1.82, 2.24) is 4.98 Å². The lowest BCUT2D eigenvalue weighted by Gasteiger charge is -2.04. The average Bonchev–Trinajstić information content (AvgIpc) is 2.73. The predicted molar refractivity (Wildman–Crippen MR) is 67.0 cm³/mol. The second-order valence-corrected chi connectivity index (χ2v) is 4.61. The lowest BCUT2D eigenvalue weighted by Crippen LogP contribution is -1.94. The van der Waals surface area contributed by atoms with Crippen LogP contribution in [-0.2, 0) is 13.0 Å². The Labute approximate surface area is 99.9 Å². The van der Waals surface area contributed by atoms with Crippen LogP contribution in [-0.4, -0.2) is 4.98 Å². The molecule has 84 valence electrons. The number of nitrogens with zero attached hydrogens (tertiary/aromatic N) is 1. The number of hydrogen-bond acceptors (Lipinski definition) is 3. The van der Waals surface area contributed by atoms with Gasteiger partial charge in [0.1, 0.15) is 17.4 Å². The van der Waals surface area contributed by atoms with Gasteiger partial charge in [-0.25, -0.2) is 4.98 Å². The number of rotatable bonds is 4. The van der Waals surface area contributed by atoms with Crippen LogP contribution in [0.25, 0.3) is 0 Å². The van der Waals surface area contributed by atoms with Crippen LogP contribution >= 0.6 is 11.3 Å². The first-order valence-electron chi connectivity index (χ1n) is 5.40. The maximum Gasteiger partial charge on any atom is 0.140 e. The van der Waals surface area contributed by atoms with Gasteiger partial charge in [0, 0.05) is 11.1 Å². The number of hydrogen-bond donors (Lipinski definition) is 0. The van der Waals surface area contributed by atoms with Crippen molar-refractivity contribution >= 4 is 11.3 Å². The molecule has 2 rings (SSSR count). The Morgan fingerprint density at radius 3 is 2.56 bits per heavy atom. The van der Waals surface area contributed by atoms with Crippen molar-refractivity contribution < 1.29 is 4.74 Å². The molecule has 0 saturated carbocycles. The molecule has 0 amide bonds. The standard InChI is InChI=1S/C13H15NOS/c1-3-11-4-6-12(7-5-11)15-8-13-14-10(2)9-16-13/h4-7,9H,3,8H2,1-2H3. The quantitative estimate of drug-likeness (QED) is 0.805. The van der Waals surface area contributed by atoms with Gasteiger partial charge in [-0.1, -0.05) is 19.1 Å². The summed E-state index contributed by atoms with van der Waals surface area (Å²) in [4.78, 5) is 4.35. The van der Waals surface area contributed by atoms with Gasteiger partial charge in [-0.15, -0.1) is 11.3 Å². The third-order valence-electron chi connectivity index (χ3n) is 2.36. The van der Waals surface area contributed by atoms with Crippen LogP contribution in [0.4, 0.5) is 0 Å². The van der Waals surface area contributed by atoms with Crippen molar-refractivity contribution in [3.8, 4) is 5.75 Å². The smallest absolute Gasteiger partial charge is 0.140 e. The minimum Gasteiger partial charge on any atom is -0.486 e. The largest absolute Gasteiger partial charge is 0.486 e. The molecule has 0 aliphatic rings. The third-order valence-corrected chi connectivity index (χ3v) is 3.30. The van der Waals surface area contributed by atoms with E-state index in [1.54, 1.807) is 11.3 Å². The second kappa shape index (κ2) is 5.12. The van der Waals surface area contributed by atoms with E-state index in [0.717, 1.165) is 22.9 Å². The van der Waals surface area contributed by atoms with Crippen LogP contribution in [0.1, 0.15) is 23.2 Å². The van der Waals surface area contributed by atoms with Gasteiger partial charge in [-0.05, 0) is 31.0 Å². The maximum atomic E-state index is 5.65. The Hall–Kier alpha value is -1.35. The topological polar surface area (TPSA) is 22.1 Å². The van der Waals surface area contributed by atoms with Crippen LogP contribution < -0.4 is 4.74 Å². The highest BCUT2D eigenvalue weighted by Gasteiger charge is 2.00. The van der Waals surface area contributed by atoms with Gasteiger partial charge in [0.2, 0.25) is 0 Å². The molecule has 3 heteroatoms. The van der Waals surface area contributed by atoms with E-state index in [0.29, 0.717) is 6.61 Å². The van der Waals surface area contributed by atoms with Crippen LogP contribution in [0.2, 0.25) is 0 Å². The zero-order valence-corrected chi connectivity index (χ0v) is 10.4. The first-order valence-corrected chi connectivity index (χ1v) is 6.28. The molecule has 2 nitrogen and oxygen atoms in total. The van der Waals surface area contributed by atoms with Crippen molar-refractivity contribution in [2.24, 2.45) is 0 Å². The Balaban J connectivity index is 1.94. The monoisotopic (exact) mass is 233 g/mol. The van der Waals surface area contributed by atoms with Gasteiger partial charge >= 0.3 is 0 Å². The van der Waals surface area contributed by atoms with E-state index in [9.17, 15) is 0 Å². The van der Waals surface area contributed by atoms with E-state index >= 15 is 0 Å². The lowest BCUT2D eigenvalue weighted by molar-refractivity contribution is 0.305. The molecule has 1 aromatic heterocycles. The molecule has 0 radical (unpaired) electrons. The molecule has 0 aliphatic carbocycles. The summed E-state index contributed by atoms with van der Waals surface area (Å²) in [5.74, 6) is 0.907. The molecular weight excluding hydrogens is 218 g/mol. The van der Waals surface area contributed by atoms with Crippen molar-refractivity contribution in [3.63, 3.8) is 0 Å². The van der Waals surface area contributed by atoms with Crippen LogP contribution in [0.15, 0.2) is 29.6 Å². The molecule has 0 fully saturated rings. The van der Waals surface area contributed by atoms with E-state index in [-0.39, 0.29) is 0 Å². The van der Waals surface area contributed by atoms with E-state index in [1.165, 1.54) is 5.56 Å². The fraction of sp³-hybridized carbons (Fsp3) is 0.308. The summed E-state index contributed by atoms with van der Waals surface area (Å²) in [5, 5.41) is 3.07. The molecule has 0 N–H and O–H groups in total. The summed E-state index contributed by atoms with van der Waals surface area (Å²) in [6.07, 6.45) is 1.06. The molecule has 2 aromatic rings. The molecule has 0 unspecified atom stereocenters. The molecule has 16 heavy (non-hydrogen) atoms. The predicted octanol–water partition coefficient (Wildman–Crippen LogP) is 3.59. The highest BCUT2D eigenvalue weighted by atomic mass is 32.1. The minimum atomic E-state index is 0.560. The molecule has 0 aliphatic heterocycles. The van der Waals surface area contributed by atoms with E-state index in [2.05, 4.69) is 24.0 Å². The van der Waals surface area contributed by atoms with Gasteiger partial charge in [-0.3, -0.25) is 0 Å². The van der Waals surface area contributed by atoms with E-state index < -0.39 is 0 Å². The molecular formula is C13H15NOS. The van der Waals surface area contributed by atoms with Crippen LogP contribution in [0.5, 0.6) is 5.75 Å². The van der Waals surface area contributed by atoms with Crippen molar-refractivity contribution in [1.29, 1.82) is 0 Å². The second-order valence-electron chi connectivity index (χ2n) is 3.67. The Morgan fingerprint density at radius 1 is 1.25 bits per heavy atom. The van der Waals surface area contributed by atoms with Crippen molar-refractivity contribution in [2.75, 3.05) is 0 Å². The highest BCUT2D eigenvalue weighted by Crippen LogP contribution is 2.16. The fourth-order valence-electron chi connectivity index (χ4n) is 1.44. The van der Waals surface area contributed by atoms with E-state index in [1.807, 2.05) is 24.4 Å². The summed E-state index contributed by atoms with van der Waals surface area (Å²) in [6.45, 7) is 4.70. The molecule has 0 bridgehead atoms. The summed E-state index contributed by atoms with van der Waals surface area (Å²) >= 11 is 1.64. The summed E-state index contributed by atoms with van der Waals surface area (Å²) in [6, 6.07) is 8.23. The van der Waals surface area contributed by atoms with Crippen molar-refractivity contribution in [3.05, 3.63) is 45.9 Å². The van der Waals surface area contributed by atoms with Gasteiger partial charge in [0.15, 0.2) is 0 Å². The van der Waals surface area contributed by atoms with Gasteiger partial charge in [0.25, 0.3) is 0 Å². The summed E-state index contributed by atoms with van der Waals surface area (Å²) in [7, 11) is 0. The minimum absolute atomic E-state index is 0.560. The number of benzene rings is 1. The highest BCUT2D eigenvalue weighted by molar-refractivity contribution is 7.09. The van der Waals surface area contributed by atoms with Crippen LogP contribution in [0.3, 0.4) is 0 Å². The Kier molecular flexibility index (Phi) is 3.57. The Bertz CT molecular complexity index is 447. The first kappa shape index (κ1) is 11.1. The Morgan fingerprint density at radius 2 is 2.00 bits per heavy atom. The number of aromatic nitrogens is 1. The third kappa shape index (κ3) is 2.83. The lowest BCUT2D eigenvalue weighted by atomic mass is 10.2. The number of thiazole rings is 1. The summed E-state index contributed by atoms with van der Waals surface area (Å²) in [5.41, 5.74) is 2.39. The zero-order valence-electron chi connectivity index (χ0n) is 9.56.